The first kappa shape index (κ1) is 18.1. The molecule has 1 fully saturated rings. The third-order valence-electron chi connectivity index (χ3n) is 4.81. The van der Waals surface area contributed by atoms with Crippen LogP contribution in [0, 0.1) is 6.92 Å². The fraction of sp³-hybridized carbons (Fsp3) is 0.316. The summed E-state index contributed by atoms with van der Waals surface area (Å²) in [4.78, 5) is 25.2. The first-order valence-corrected chi connectivity index (χ1v) is 9.12. The van der Waals surface area contributed by atoms with Crippen molar-refractivity contribution in [3.05, 3.63) is 64.0 Å². The second-order valence-corrected chi connectivity index (χ2v) is 6.80. The molecule has 0 aliphatic carbocycles. The van der Waals surface area contributed by atoms with Crippen LogP contribution in [0.4, 0.5) is 5.69 Å². The number of nitrogens with one attached hydrogen (secondary N) is 2. The highest BCUT2D eigenvalue weighted by Crippen LogP contribution is 2.24. The van der Waals surface area contributed by atoms with Crippen molar-refractivity contribution in [2.45, 2.75) is 25.7 Å². The van der Waals surface area contributed by atoms with E-state index in [1.54, 1.807) is 37.3 Å². The quantitative estimate of drug-likeness (QED) is 0.707. The van der Waals surface area contributed by atoms with Gasteiger partial charge in [-0.05, 0) is 66.6 Å². The smallest absolute Gasteiger partial charge is 0.349 e. The molecule has 28 heavy (non-hydrogen) atoms. The molecule has 1 aliphatic rings. The molecule has 0 saturated carbocycles. The maximum absolute atomic E-state index is 12.7. The molecule has 1 saturated heterocycles. The minimum absolute atomic E-state index is 0.0142. The maximum Gasteiger partial charge on any atom is 0.349 e. The molecule has 1 amide bonds. The molecule has 9 nitrogen and oxygen atoms in total. The topological polar surface area (TPSA) is 115 Å². The molecule has 0 radical (unpaired) electrons. The number of aryl methyl sites for hydroxylation is 1. The summed E-state index contributed by atoms with van der Waals surface area (Å²) in [6, 6.07) is 8.81. The Labute approximate surface area is 160 Å². The monoisotopic (exact) mass is 380 g/mol. The maximum atomic E-state index is 12.7. The molecule has 1 aliphatic heterocycles. The number of benzene rings is 1. The van der Waals surface area contributed by atoms with E-state index in [9.17, 15) is 9.59 Å². The Morgan fingerprint density at radius 1 is 1.36 bits per heavy atom. The van der Waals surface area contributed by atoms with Gasteiger partial charge >= 0.3 is 5.63 Å². The summed E-state index contributed by atoms with van der Waals surface area (Å²) < 4.78 is 6.96. The normalized spacial score (nSPS) is 16.7. The van der Waals surface area contributed by atoms with E-state index in [1.807, 2.05) is 0 Å². The van der Waals surface area contributed by atoms with Gasteiger partial charge < -0.3 is 15.1 Å². The van der Waals surface area contributed by atoms with Crippen LogP contribution in [0.25, 0.3) is 5.69 Å². The molecular formula is C19H20N6O3. The fourth-order valence-corrected chi connectivity index (χ4v) is 3.40. The molecule has 1 aromatic carbocycles. The molecule has 144 valence electrons. The molecule has 9 heteroatoms. The lowest BCUT2D eigenvalue weighted by molar-refractivity contribution is 0.102. The van der Waals surface area contributed by atoms with E-state index in [0.29, 0.717) is 22.7 Å². The van der Waals surface area contributed by atoms with Gasteiger partial charge in [0.2, 0.25) is 0 Å². The Morgan fingerprint density at radius 2 is 2.25 bits per heavy atom. The molecular weight excluding hydrogens is 360 g/mol. The number of carbonyl (C=O) groups is 1. The number of nitrogens with zero attached hydrogens (tertiary/aromatic N) is 4. The van der Waals surface area contributed by atoms with E-state index in [-0.39, 0.29) is 11.5 Å². The lowest BCUT2D eigenvalue weighted by atomic mass is 9.95. The van der Waals surface area contributed by atoms with E-state index in [1.165, 1.54) is 11.0 Å². The number of carbonyl (C=O) groups excluding carboxylic acids is 1. The third kappa shape index (κ3) is 3.70. The van der Waals surface area contributed by atoms with Gasteiger partial charge in [-0.15, -0.1) is 5.10 Å². The Kier molecular flexibility index (Phi) is 4.98. The summed E-state index contributed by atoms with van der Waals surface area (Å²) in [7, 11) is 0. The molecule has 2 N–H and O–H groups in total. The average Bonchev–Trinajstić information content (AvgIpc) is 3.23. The van der Waals surface area contributed by atoms with Crippen LogP contribution in [0.15, 0.2) is 45.9 Å². The van der Waals surface area contributed by atoms with Gasteiger partial charge in [-0.25, -0.2) is 9.48 Å². The predicted octanol–water partition coefficient (Wildman–Crippen LogP) is 1.64. The van der Waals surface area contributed by atoms with E-state index in [2.05, 4.69) is 26.2 Å². The van der Waals surface area contributed by atoms with Crippen LogP contribution in [0.3, 0.4) is 0 Å². The number of tetrazole rings is 1. The summed E-state index contributed by atoms with van der Waals surface area (Å²) in [5.41, 5.74) is 1.21. The van der Waals surface area contributed by atoms with Crippen LogP contribution in [0.2, 0.25) is 0 Å². The lowest BCUT2D eigenvalue weighted by Gasteiger charge is -2.22. The van der Waals surface area contributed by atoms with Gasteiger partial charge in [-0.2, -0.15) is 0 Å². The molecule has 0 bridgehead atoms. The van der Waals surface area contributed by atoms with E-state index < -0.39 is 11.5 Å². The van der Waals surface area contributed by atoms with Crippen LogP contribution in [-0.2, 0) is 0 Å². The SMILES string of the molecule is Cc1cc(C2CCCNC2)oc(=O)c1C(=O)Nc1cccc(-n2cnnn2)c1. The molecule has 1 unspecified atom stereocenters. The summed E-state index contributed by atoms with van der Waals surface area (Å²) in [5.74, 6) is 0.283. The summed E-state index contributed by atoms with van der Waals surface area (Å²) in [6.07, 6.45) is 3.46. The number of anilines is 1. The standard InChI is InChI=1S/C19H20N6O3/c1-12-8-16(13-4-3-7-20-10-13)28-19(27)17(12)18(26)22-14-5-2-6-15(9-14)25-11-21-23-24-25/h2,5-6,8-9,11,13,20H,3-4,7,10H2,1H3,(H,22,26). The van der Waals surface area contributed by atoms with Gasteiger partial charge in [-0.3, -0.25) is 4.79 Å². The molecule has 3 heterocycles. The minimum atomic E-state index is -0.616. The van der Waals surface area contributed by atoms with Crippen molar-refractivity contribution in [3.63, 3.8) is 0 Å². The van der Waals surface area contributed by atoms with E-state index in [4.69, 9.17) is 4.42 Å². The number of piperidine rings is 1. The number of rotatable bonds is 4. The molecule has 0 spiro atoms. The Morgan fingerprint density at radius 3 is 2.96 bits per heavy atom. The van der Waals surface area contributed by atoms with Gasteiger partial charge in [0.05, 0.1) is 5.69 Å². The summed E-state index contributed by atoms with van der Waals surface area (Å²) >= 11 is 0. The fourth-order valence-electron chi connectivity index (χ4n) is 3.40. The minimum Gasteiger partial charge on any atom is -0.427 e. The van der Waals surface area contributed by atoms with Crippen LogP contribution in [0.1, 0.15) is 40.4 Å². The Balaban J connectivity index is 1.57. The van der Waals surface area contributed by atoms with Crippen molar-refractivity contribution in [2.75, 3.05) is 18.4 Å². The summed E-state index contributed by atoms with van der Waals surface area (Å²) in [6.45, 7) is 3.50. The van der Waals surface area contributed by atoms with E-state index >= 15 is 0 Å². The van der Waals surface area contributed by atoms with Crippen LogP contribution in [-0.4, -0.2) is 39.2 Å². The number of aromatic nitrogens is 4. The van der Waals surface area contributed by atoms with Gasteiger partial charge in [-0.1, -0.05) is 6.07 Å². The Hall–Kier alpha value is -3.33. The largest absolute Gasteiger partial charge is 0.427 e. The van der Waals surface area contributed by atoms with Crippen molar-refractivity contribution in [3.8, 4) is 5.69 Å². The van der Waals surface area contributed by atoms with Gasteiger partial charge in [0, 0.05) is 18.2 Å². The number of hydrogen-bond acceptors (Lipinski definition) is 7. The zero-order valence-corrected chi connectivity index (χ0v) is 15.4. The van der Waals surface area contributed by atoms with Crippen molar-refractivity contribution in [1.29, 1.82) is 0 Å². The highest BCUT2D eigenvalue weighted by atomic mass is 16.4. The van der Waals surface area contributed by atoms with Crippen LogP contribution >= 0.6 is 0 Å². The van der Waals surface area contributed by atoms with Crippen molar-refractivity contribution >= 4 is 11.6 Å². The van der Waals surface area contributed by atoms with Crippen molar-refractivity contribution in [1.82, 2.24) is 25.5 Å². The highest BCUT2D eigenvalue weighted by Gasteiger charge is 2.22. The highest BCUT2D eigenvalue weighted by molar-refractivity contribution is 6.05. The molecule has 4 rings (SSSR count). The zero-order valence-electron chi connectivity index (χ0n) is 15.4. The number of hydrogen-bond donors (Lipinski definition) is 2. The molecule has 1 atom stereocenters. The van der Waals surface area contributed by atoms with Gasteiger partial charge in [0.15, 0.2) is 0 Å². The van der Waals surface area contributed by atoms with Crippen molar-refractivity contribution < 1.29 is 9.21 Å². The molecule has 3 aromatic rings. The van der Waals surface area contributed by atoms with Gasteiger partial charge in [0.25, 0.3) is 5.91 Å². The van der Waals surface area contributed by atoms with Crippen LogP contribution in [0.5, 0.6) is 0 Å². The Bertz CT molecular complexity index is 1040. The first-order valence-electron chi connectivity index (χ1n) is 9.12. The zero-order chi connectivity index (χ0) is 19.5. The van der Waals surface area contributed by atoms with Crippen LogP contribution < -0.4 is 16.3 Å². The lowest BCUT2D eigenvalue weighted by Crippen LogP contribution is -2.30. The third-order valence-corrected chi connectivity index (χ3v) is 4.81. The summed E-state index contributed by atoms with van der Waals surface area (Å²) in [5, 5.41) is 17.1. The molecule has 2 aromatic heterocycles. The first-order chi connectivity index (χ1) is 13.6. The second-order valence-electron chi connectivity index (χ2n) is 6.80. The average molecular weight is 380 g/mol. The number of amides is 1. The van der Waals surface area contributed by atoms with Gasteiger partial charge in [0.1, 0.15) is 17.7 Å². The second kappa shape index (κ2) is 7.73. The predicted molar refractivity (Wildman–Crippen MR) is 102 cm³/mol. The van der Waals surface area contributed by atoms with Crippen molar-refractivity contribution in [2.24, 2.45) is 0 Å². The van der Waals surface area contributed by atoms with E-state index in [0.717, 1.165) is 25.9 Å².